The summed E-state index contributed by atoms with van der Waals surface area (Å²) < 4.78 is 6.37. The molecular formula is C23H21N3O4S2. The number of aryl methyl sites for hydroxylation is 1. The number of hydrogen-bond acceptors (Lipinski definition) is 7. The van der Waals surface area contributed by atoms with E-state index in [0.717, 1.165) is 0 Å². The molecule has 0 fully saturated rings. The van der Waals surface area contributed by atoms with Gasteiger partial charge in [0.2, 0.25) is 0 Å². The van der Waals surface area contributed by atoms with Gasteiger partial charge in [-0.2, -0.15) is 0 Å². The van der Waals surface area contributed by atoms with Crippen LogP contribution in [-0.2, 0) is 4.74 Å². The largest absolute Gasteiger partial charge is 0.465 e. The number of thioether (sulfide) groups is 1. The van der Waals surface area contributed by atoms with Gasteiger partial charge >= 0.3 is 5.97 Å². The number of H-pyrrole nitrogens is 1. The smallest absolute Gasteiger partial charge is 0.339 e. The first-order valence-corrected chi connectivity index (χ1v) is 11.6. The van der Waals surface area contributed by atoms with Crippen molar-refractivity contribution in [2.45, 2.75) is 31.2 Å². The maximum atomic E-state index is 13.3. The number of aromatic amines is 1. The number of carbonyl (C=O) groups excluding carboxylic acids is 2. The Morgan fingerprint density at radius 1 is 1.19 bits per heavy atom. The second kappa shape index (κ2) is 8.76. The van der Waals surface area contributed by atoms with Gasteiger partial charge in [0.1, 0.15) is 4.83 Å². The van der Waals surface area contributed by atoms with Crippen molar-refractivity contribution >= 4 is 45.1 Å². The van der Waals surface area contributed by atoms with Crippen molar-refractivity contribution in [2.75, 3.05) is 7.11 Å². The van der Waals surface area contributed by atoms with Crippen molar-refractivity contribution in [3.05, 3.63) is 74.6 Å². The van der Waals surface area contributed by atoms with E-state index in [9.17, 15) is 14.4 Å². The van der Waals surface area contributed by atoms with Crippen LogP contribution in [0.15, 0.2) is 51.7 Å². The highest BCUT2D eigenvalue weighted by atomic mass is 32.2. The van der Waals surface area contributed by atoms with Gasteiger partial charge in [-0.3, -0.25) is 14.2 Å². The fourth-order valence-electron chi connectivity index (χ4n) is 3.60. The average molecular weight is 468 g/mol. The Labute approximate surface area is 192 Å². The maximum absolute atomic E-state index is 13.3. The fourth-order valence-corrected chi connectivity index (χ4v) is 5.39. The van der Waals surface area contributed by atoms with Crippen LogP contribution in [-0.4, -0.2) is 38.6 Å². The molecule has 0 amide bonds. The lowest BCUT2D eigenvalue weighted by Gasteiger charge is -2.15. The van der Waals surface area contributed by atoms with Crippen molar-refractivity contribution in [3.8, 4) is 5.69 Å². The summed E-state index contributed by atoms with van der Waals surface area (Å²) in [5, 5.41) is 2.25. The highest BCUT2D eigenvalue weighted by Gasteiger charge is 2.27. The van der Waals surface area contributed by atoms with Gasteiger partial charge in [0.05, 0.1) is 34.7 Å². The number of carbonyl (C=O) groups is 2. The minimum Gasteiger partial charge on any atom is -0.465 e. The van der Waals surface area contributed by atoms with Crippen LogP contribution in [0.3, 0.4) is 0 Å². The first kappa shape index (κ1) is 22.0. The molecular weight excluding hydrogens is 446 g/mol. The van der Waals surface area contributed by atoms with Crippen LogP contribution in [0.25, 0.3) is 15.9 Å². The lowest BCUT2D eigenvalue weighted by Crippen LogP contribution is -2.23. The molecule has 9 heteroatoms. The molecule has 4 aromatic rings. The second-order valence-electron chi connectivity index (χ2n) is 7.25. The Bertz CT molecular complexity index is 1390. The average Bonchev–Trinajstić information content (AvgIpc) is 3.37. The van der Waals surface area contributed by atoms with E-state index < -0.39 is 11.2 Å². The molecule has 0 aliphatic carbocycles. The lowest BCUT2D eigenvalue weighted by atomic mass is 10.1. The first-order chi connectivity index (χ1) is 15.3. The van der Waals surface area contributed by atoms with Gasteiger partial charge in [0.15, 0.2) is 10.9 Å². The summed E-state index contributed by atoms with van der Waals surface area (Å²) in [6.07, 6.45) is 0. The van der Waals surface area contributed by atoms with Gasteiger partial charge in [-0.1, -0.05) is 30.0 Å². The molecule has 0 saturated carbocycles. The number of hydrogen-bond donors (Lipinski definition) is 1. The van der Waals surface area contributed by atoms with Crippen LogP contribution >= 0.6 is 23.1 Å². The molecule has 0 spiro atoms. The molecule has 0 saturated heterocycles. The molecule has 0 radical (unpaired) electrons. The molecule has 1 aromatic carbocycles. The Morgan fingerprint density at radius 3 is 2.59 bits per heavy atom. The molecule has 4 rings (SSSR count). The van der Waals surface area contributed by atoms with Crippen molar-refractivity contribution < 1.29 is 14.3 Å². The summed E-state index contributed by atoms with van der Waals surface area (Å²) in [6.45, 7) is 5.21. The van der Waals surface area contributed by atoms with Crippen molar-refractivity contribution in [3.63, 3.8) is 0 Å². The number of methoxy groups -OCH3 is 1. The molecule has 32 heavy (non-hydrogen) atoms. The Hall–Kier alpha value is -3.17. The number of nitrogens with zero attached hydrogens (tertiary/aromatic N) is 2. The molecule has 0 bridgehead atoms. The summed E-state index contributed by atoms with van der Waals surface area (Å²) >= 11 is 2.60. The van der Waals surface area contributed by atoms with E-state index in [1.165, 1.54) is 34.8 Å². The number of esters is 1. The number of nitrogens with one attached hydrogen (secondary N) is 1. The van der Waals surface area contributed by atoms with Gasteiger partial charge in [-0.15, -0.1) is 11.3 Å². The molecule has 0 aliphatic heterocycles. The maximum Gasteiger partial charge on any atom is 0.339 e. The zero-order valence-electron chi connectivity index (χ0n) is 18.0. The van der Waals surface area contributed by atoms with E-state index in [2.05, 4.69) is 9.97 Å². The molecule has 1 unspecified atom stereocenters. The molecule has 3 heterocycles. The summed E-state index contributed by atoms with van der Waals surface area (Å²) in [7, 11) is 1.31. The number of ketones is 1. The monoisotopic (exact) mass is 467 g/mol. The van der Waals surface area contributed by atoms with E-state index in [1.54, 1.807) is 26.8 Å². The van der Waals surface area contributed by atoms with E-state index in [0.29, 0.717) is 43.6 Å². The van der Waals surface area contributed by atoms with E-state index >= 15 is 0 Å². The van der Waals surface area contributed by atoms with Crippen LogP contribution in [0, 0.1) is 13.8 Å². The number of rotatable bonds is 6. The number of thiophene rings is 1. The third-order valence-corrected chi connectivity index (χ3v) is 7.06. The zero-order valence-corrected chi connectivity index (χ0v) is 19.6. The predicted octanol–water partition coefficient (Wildman–Crippen LogP) is 4.54. The predicted molar refractivity (Wildman–Crippen MR) is 126 cm³/mol. The van der Waals surface area contributed by atoms with Crippen LogP contribution < -0.4 is 5.56 Å². The number of aromatic nitrogens is 3. The normalized spacial score (nSPS) is 12.1. The molecule has 1 atom stereocenters. The van der Waals surface area contributed by atoms with Crippen LogP contribution in [0.5, 0.6) is 0 Å². The molecule has 0 aliphatic rings. The third-order valence-electron chi connectivity index (χ3n) is 5.21. The molecule has 164 valence electrons. The van der Waals surface area contributed by atoms with Gasteiger partial charge in [0.25, 0.3) is 5.56 Å². The van der Waals surface area contributed by atoms with Crippen LogP contribution in [0.1, 0.15) is 39.0 Å². The minimum atomic E-state index is -0.559. The Kier molecular flexibility index (Phi) is 6.03. The van der Waals surface area contributed by atoms with Gasteiger partial charge in [0, 0.05) is 5.69 Å². The summed E-state index contributed by atoms with van der Waals surface area (Å²) in [5.74, 6) is -0.677. The van der Waals surface area contributed by atoms with E-state index in [4.69, 9.17) is 4.74 Å². The van der Waals surface area contributed by atoms with Crippen molar-refractivity contribution in [1.29, 1.82) is 0 Å². The van der Waals surface area contributed by atoms with Crippen LogP contribution in [0.2, 0.25) is 0 Å². The summed E-state index contributed by atoms with van der Waals surface area (Å²) in [4.78, 5) is 46.9. The van der Waals surface area contributed by atoms with Crippen molar-refractivity contribution in [2.24, 2.45) is 0 Å². The minimum absolute atomic E-state index is 0.176. The lowest BCUT2D eigenvalue weighted by molar-refractivity contribution is 0.0599. The van der Waals surface area contributed by atoms with E-state index in [-0.39, 0.29) is 11.3 Å². The fraction of sp³-hybridized carbons (Fsp3) is 0.217. The summed E-state index contributed by atoms with van der Waals surface area (Å²) in [6, 6.07) is 11.0. The van der Waals surface area contributed by atoms with Crippen molar-refractivity contribution in [1.82, 2.24) is 14.5 Å². The molecule has 3 aromatic heterocycles. The van der Waals surface area contributed by atoms with Gasteiger partial charge in [-0.25, -0.2) is 9.78 Å². The number of benzene rings is 1. The summed E-state index contributed by atoms with van der Waals surface area (Å²) in [5.41, 5.74) is 2.36. The number of ether oxygens (including phenoxy) is 1. The Balaban J connectivity index is 1.75. The first-order valence-electron chi connectivity index (χ1n) is 9.87. The number of fused-ring (bicyclic) bond motifs is 1. The molecule has 1 N–H and O–H groups in total. The number of para-hydroxylation sites is 1. The SMILES string of the molecule is COC(=O)c1c(C)[nH]c(C(=O)C(C)Sc2nc3sccc3c(=O)n2-c2ccccc2)c1C. The Morgan fingerprint density at radius 2 is 1.91 bits per heavy atom. The van der Waals surface area contributed by atoms with Crippen LogP contribution in [0.4, 0.5) is 0 Å². The highest BCUT2D eigenvalue weighted by Crippen LogP contribution is 2.30. The van der Waals surface area contributed by atoms with Gasteiger partial charge in [-0.05, 0) is 49.9 Å². The highest BCUT2D eigenvalue weighted by molar-refractivity contribution is 8.00. The topological polar surface area (TPSA) is 94.1 Å². The third kappa shape index (κ3) is 3.78. The quantitative estimate of drug-likeness (QED) is 0.194. The standard InChI is InChI=1S/C23H21N3O4S2/c1-12-17(22(29)30-4)13(2)24-18(12)19(27)14(3)32-23-25-20-16(10-11-31-20)21(28)26(23)15-8-6-5-7-9-15/h5-11,14,24H,1-4H3. The second-order valence-corrected chi connectivity index (χ2v) is 9.45. The van der Waals surface area contributed by atoms with Gasteiger partial charge < -0.3 is 9.72 Å². The van der Waals surface area contributed by atoms with E-state index in [1.807, 2.05) is 35.7 Å². The zero-order chi connectivity index (χ0) is 23.0. The number of Topliss-reactive ketones (excluding diaryl/α,β-unsaturated/α-hetero) is 1. The molecule has 7 nitrogen and oxygen atoms in total.